The normalized spacial score (nSPS) is 14.7. The third kappa shape index (κ3) is 3.49. The smallest absolute Gasteiger partial charge is 0.278 e. The summed E-state index contributed by atoms with van der Waals surface area (Å²) in [4.78, 5) is 27.2. The fraction of sp³-hybridized carbons (Fsp3) is 0.400. The SMILES string of the molecule is Cc1cc2cc(NC(=O)c3nnn(CC4CCCC4)c3C)ccc2[nH]c1=O. The number of amides is 1. The first-order valence-corrected chi connectivity index (χ1v) is 9.36. The largest absolute Gasteiger partial charge is 0.322 e. The molecule has 0 aliphatic heterocycles. The van der Waals surface area contributed by atoms with E-state index >= 15 is 0 Å². The summed E-state index contributed by atoms with van der Waals surface area (Å²) in [6, 6.07) is 7.21. The standard InChI is InChI=1S/C20H23N5O2/c1-12-9-15-10-16(7-8-17(15)22-19(12)26)21-20(27)18-13(2)25(24-23-18)11-14-5-3-4-6-14/h7-10,14H,3-6,11H2,1-2H3,(H,21,27)(H,22,26). The van der Waals surface area contributed by atoms with Crippen molar-refractivity contribution < 1.29 is 4.79 Å². The number of nitrogens with zero attached hydrogens (tertiary/aromatic N) is 3. The van der Waals surface area contributed by atoms with Gasteiger partial charge in [-0.1, -0.05) is 18.1 Å². The zero-order valence-electron chi connectivity index (χ0n) is 15.6. The quantitative estimate of drug-likeness (QED) is 0.743. The maximum Gasteiger partial charge on any atom is 0.278 e. The summed E-state index contributed by atoms with van der Waals surface area (Å²) in [6.45, 7) is 4.47. The summed E-state index contributed by atoms with van der Waals surface area (Å²) in [5, 5.41) is 12.0. The van der Waals surface area contributed by atoms with Crippen LogP contribution in [0.3, 0.4) is 0 Å². The molecule has 27 heavy (non-hydrogen) atoms. The molecule has 0 atom stereocenters. The van der Waals surface area contributed by atoms with E-state index in [1.165, 1.54) is 25.7 Å². The van der Waals surface area contributed by atoms with E-state index in [2.05, 4.69) is 20.6 Å². The van der Waals surface area contributed by atoms with Crippen LogP contribution in [0.15, 0.2) is 29.1 Å². The topological polar surface area (TPSA) is 92.7 Å². The van der Waals surface area contributed by atoms with Gasteiger partial charge >= 0.3 is 0 Å². The van der Waals surface area contributed by atoms with Crippen molar-refractivity contribution in [3.05, 3.63) is 51.6 Å². The van der Waals surface area contributed by atoms with Gasteiger partial charge < -0.3 is 10.3 Å². The molecule has 140 valence electrons. The molecule has 1 aliphatic rings. The Kier molecular flexibility index (Phi) is 4.51. The average molecular weight is 365 g/mol. The van der Waals surface area contributed by atoms with E-state index in [1.807, 2.05) is 23.7 Å². The highest BCUT2D eigenvalue weighted by Crippen LogP contribution is 2.26. The van der Waals surface area contributed by atoms with Crippen LogP contribution in [0.4, 0.5) is 5.69 Å². The molecule has 3 aromatic rings. The second-order valence-corrected chi connectivity index (χ2v) is 7.39. The molecule has 0 bridgehead atoms. The van der Waals surface area contributed by atoms with Crippen LogP contribution in [0, 0.1) is 19.8 Å². The molecule has 1 aliphatic carbocycles. The van der Waals surface area contributed by atoms with Crippen LogP contribution >= 0.6 is 0 Å². The lowest BCUT2D eigenvalue weighted by Crippen LogP contribution is -2.15. The van der Waals surface area contributed by atoms with E-state index < -0.39 is 0 Å². The number of anilines is 1. The van der Waals surface area contributed by atoms with Crippen LogP contribution in [-0.2, 0) is 6.54 Å². The lowest BCUT2D eigenvalue weighted by molar-refractivity contribution is 0.102. The van der Waals surface area contributed by atoms with Crippen molar-refractivity contribution in [2.75, 3.05) is 5.32 Å². The number of aryl methyl sites for hydroxylation is 1. The minimum absolute atomic E-state index is 0.103. The van der Waals surface area contributed by atoms with Gasteiger partial charge in [-0.25, -0.2) is 4.68 Å². The van der Waals surface area contributed by atoms with Gasteiger partial charge in [-0.2, -0.15) is 0 Å². The van der Waals surface area contributed by atoms with Gasteiger partial charge in [0.25, 0.3) is 11.5 Å². The summed E-state index contributed by atoms with van der Waals surface area (Å²) in [5.41, 5.74) is 3.07. The number of hydrogen-bond donors (Lipinski definition) is 2. The third-order valence-corrected chi connectivity index (χ3v) is 5.39. The molecule has 1 amide bonds. The maximum atomic E-state index is 12.7. The molecule has 1 aromatic carbocycles. The molecule has 7 heteroatoms. The Labute approximate surface area is 156 Å². The maximum absolute atomic E-state index is 12.7. The number of fused-ring (bicyclic) bond motifs is 1. The van der Waals surface area contributed by atoms with Crippen LogP contribution in [0.5, 0.6) is 0 Å². The number of carbonyl (C=O) groups is 1. The molecule has 1 saturated carbocycles. The minimum atomic E-state index is -0.273. The summed E-state index contributed by atoms with van der Waals surface area (Å²) >= 11 is 0. The molecule has 0 radical (unpaired) electrons. The number of hydrogen-bond acceptors (Lipinski definition) is 4. The van der Waals surface area contributed by atoms with E-state index in [4.69, 9.17) is 0 Å². The number of benzene rings is 1. The predicted molar refractivity (Wildman–Crippen MR) is 104 cm³/mol. The summed E-state index contributed by atoms with van der Waals surface area (Å²) in [6.07, 6.45) is 5.00. The highest BCUT2D eigenvalue weighted by Gasteiger charge is 2.21. The fourth-order valence-corrected chi connectivity index (χ4v) is 3.76. The van der Waals surface area contributed by atoms with Gasteiger partial charge in [-0.3, -0.25) is 9.59 Å². The van der Waals surface area contributed by atoms with Gasteiger partial charge in [0.15, 0.2) is 5.69 Å². The Bertz CT molecular complexity index is 1060. The third-order valence-electron chi connectivity index (χ3n) is 5.39. The van der Waals surface area contributed by atoms with Crippen molar-refractivity contribution in [2.24, 2.45) is 5.92 Å². The Balaban J connectivity index is 1.53. The highest BCUT2D eigenvalue weighted by molar-refractivity contribution is 6.04. The minimum Gasteiger partial charge on any atom is -0.322 e. The molecular weight excluding hydrogens is 342 g/mol. The van der Waals surface area contributed by atoms with E-state index in [9.17, 15) is 9.59 Å². The molecule has 7 nitrogen and oxygen atoms in total. The lowest BCUT2D eigenvalue weighted by Gasteiger charge is -2.10. The second-order valence-electron chi connectivity index (χ2n) is 7.39. The number of aromatic nitrogens is 4. The summed E-state index contributed by atoms with van der Waals surface area (Å²) < 4.78 is 1.85. The Hall–Kier alpha value is -2.96. The van der Waals surface area contributed by atoms with E-state index in [-0.39, 0.29) is 11.5 Å². The lowest BCUT2D eigenvalue weighted by atomic mass is 10.1. The monoisotopic (exact) mass is 365 g/mol. The van der Waals surface area contributed by atoms with Gasteiger partial charge in [-0.15, -0.1) is 5.10 Å². The zero-order chi connectivity index (χ0) is 19.0. The summed E-state index contributed by atoms with van der Waals surface area (Å²) in [5.74, 6) is 0.359. The van der Waals surface area contributed by atoms with Crippen molar-refractivity contribution in [3.8, 4) is 0 Å². The number of pyridine rings is 1. The molecule has 4 rings (SSSR count). The van der Waals surface area contributed by atoms with Gasteiger partial charge in [0.05, 0.1) is 5.69 Å². The van der Waals surface area contributed by atoms with Crippen LogP contribution in [0.1, 0.15) is 47.4 Å². The molecule has 1 fully saturated rings. The number of H-pyrrole nitrogens is 1. The van der Waals surface area contributed by atoms with Crippen molar-refractivity contribution in [1.82, 2.24) is 20.0 Å². The summed E-state index contributed by atoms with van der Waals surface area (Å²) in [7, 11) is 0. The predicted octanol–water partition coefficient (Wildman–Crippen LogP) is 3.18. The number of nitrogens with one attached hydrogen (secondary N) is 2. The van der Waals surface area contributed by atoms with Crippen LogP contribution < -0.4 is 10.9 Å². The van der Waals surface area contributed by atoms with Gasteiger partial charge in [0.2, 0.25) is 0 Å². The number of rotatable bonds is 4. The van der Waals surface area contributed by atoms with Crippen molar-refractivity contribution >= 4 is 22.5 Å². The van der Waals surface area contributed by atoms with E-state index in [0.717, 1.165) is 23.1 Å². The van der Waals surface area contributed by atoms with Crippen molar-refractivity contribution in [1.29, 1.82) is 0 Å². The van der Waals surface area contributed by atoms with E-state index in [0.29, 0.717) is 22.9 Å². The molecular formula is C20H23N5O2. The zero-order valence-corrected chi connectivity index (χ0v) is 15.6. The Morgan fingerprint density at radius 1 is 1.26 bits per heavy atom. The number of carbonyl (C=O) groups excluding carboxylic acids is 1. The number of aromatic amines is 1. The van der Waals surface area contributed by atoms with E-state index in [1.54, 1.807) is 19.1 Å². The molecule has 2 aromatic heterocycles. The van der Waals surface area contributed by atoms with Crippen LogP contribution in [0.25, 0.3) is 10.9 Å². The first-order valence-electron chi connectivity index (χ1n) is 9.36. The molecule has 0 spiro atoms. The highest BCUT2D eigenvalue weighted by atomic mass is 16.2. The van der Waals surface area contributed by atoms with Crippen molar-refractivity contribution in [3.63, 3.8) is 0 Å². The average Bonchev–Trinajstić information content (AvgIpc) is 3.27. The molecule has 0 saturated heterocycles. The first-order chi connectivity index (χ1) is 13.0. The van der Waals surface area contributed by atoms with Gasteiger partial charge in [-0.05, 0) is 56.9 Å². The van der Waals surface area contributed by atoms with Crippen LogP contribution in [-0.4, -0.2) is 25.9 Å². The van der Waals surface area contributed by atoms with Gasteiger partial charge in [0, 0.05) is 28.7 Å². The van der Waals surface area contributed by atoms with Crippen molar-refractivity contribution in [2.45, 2.75) is 46.1 Å². The van der Waals surface area contributed by atoms with Crippen LogP contribution in [0.2, 0.25) is 0 Å². The second kappa shape index (κ2) is 6.98. The first kappa shape index (κ1) is 17.5. The molecule has 2 N–H and O–H groups in total. The van der Waals surface area contributed by atoms with Gasteiger partial charge in [0.1, 0.15) is 0 Å². The molecule has 0 unspecified atom stereocenters. The molecule has 2 heterocycles. The Morgan fingerprint density at radius 3 is 2.81 bits per heavy atom. The Morgan fingerprint density at radius 2 is 2.04 bits per heavy atom. The fourth-order valence-electron chi connectivity index (χ4n) is 3.76.